The van der Waals surface area contributed by atoms with Gasteiger partial charge >= 0.3 is 5.97 Å². The van der Waals surface area contributed by atoms with Gasteiger partial charge in [0, 0.05) is 52.1 Å². The van der Waals surface area contributed by atoms with Gasteiger partial charge in [-0.05, 0) is 19.3 Å². The molecule has 11 nitrogen and oxygen atoms in total. The number of carbonyl (C=O) groups excluding carboxylic acids is 3. The van der Waals surface area contributed by atoms with Crippen LogP contribution >= 0.6 is 0 Å². The van der Waals surface area contributed by atoms with Crippen LogP contribution in [0.4, 0.5) is 0 Å². The summed E-state index contributed by atoms with van der Waals surface area (Å²) in [7, 11) is 1.64. The number of carboxylic acids is 1. The molecule has 1 heterocycles. The third-order valence-electron chi connectivity index (χ3n) is 7.93. The highest BCUT2D eigenvalue weighted by Gasteiger charge is 2.39. The average molecular weight is 628 g/mol. The zero-order valence-corrected chi connectivity index (χ0v) is 27.6. The van der Waals surface area contributed by atoms with E-state index in [1.807, 2.05) is 0 Å². The molecule has 256 valence electrons. The van der Waals surface area contributed by atoms with Crippen molar-refractivity contribution in [1.29, 1.82) is 0 Å². The maximum absolute atomic E-state index is 12.7. The van der Waals surface area contributed by atoms with Crippen molar-refractivity contribution >= 4 is 23.7 Å². The van der Waals surface area contributed by atoms with E-state index in [0.717, 1.165) is 32.1 Å². The van der Waals surface area contributed by atoms with Crippen LogP contribution in [0.2, 0.25) is 0 Å². The van der Waals surface area contributed by atoms with E-state index in [0.29, 0.717) is 45.8 Å². The lowest BCUT2D eigenvalue weighted by molar-refractivity contribution is -0.148. The Morgan fingerprint density at radius 2 is 1.27 bits per heavy atom. The maximum atomic E-state index is 12.7. The lowest BCUT2D eigenvalue weighted by Crippen LogP contribution is -2.41. The second-order valence-corrected chi connectivity index (χ2v) is 11.8. The number of likely N-dealkylation sites (tertiary alicyclic amines) is 1. The van der Waals surface area contributed by atoms with E-state index in [4.69, 9.17) is 14.2 Å². The smallest absolute Gasteiger partial charge is 0.326 e. The Labute approximate surface area is 265 Å². The highest BCUT2D eigenvalue weighted by Crippen LogP contribution is 2.20. The fraction of sp³-hybridized carbons (Fsp3) is 0.879. The number of amides is 3. The number of nitrogens with one attached hydrogen (secondary N) is 2. The summed E-state index contributed by atoms with van der Waals surface area (Å²) in [4.78, 5) is 49.9. The van der Waals surface area contributed by atoms with Crippen LogP contribution in [-0.4, -0.2) is 99.0 Å². The fourth-order valence-corrected chi connectivity index (χ4v) is 5.38. The van der Waals surface area contributed by atoms with E-state index < -0.39 is 12.0 Å². The van der Waals surface area contributed by atoms with Crippen molar-refractivity contribution in [2.75, 3.05) is 53.2 Å². The Bertz CT molecular complexity index is 782. The zero-order chi connectivity index (χ0) is 32.3. The summed E-state index contributed by atoms with van der Waals surface area (Å²) in [5.74, 6) is -1.45. The molecule has 0 spiro atoms. The van der Waals surface area contributed by atoms with Crippen molar-refractivity contribution in [3.63, 3.8) is 0 Å². The lowest BCUT2D eigenvalue weighted by Gasteiger charge is -2.21. The molecule has 1 aliphatic rings. The van der Waals surface area contributed by atoms with Gasteiger partial charge in [0.1, 0.15) is 6.04 Å². The molecule has 11 heteroatoms. The molecule has 1 rings (SSSR count). The number of hydrogen-bond acceptors (Lipinski definition) is 7. The van der Waals surface area contributed by atoms with Crippen LogP contribution in [0.15, 0.2) is 0 Å². The molecule has 0 aromatic carbocycles. The molecular formula is C33H61N3O8. The van der Waals surface area contributed by atoms with Gasteiger partial charge in [0.15, 0.2) is 0 Å². The van der Waals surface area contributed by atoms with Gasteiger partial charge in [-0.2, -0.15) is 0 Å². The molecule has 1 fully saturated rings. The minimum absolute atomic E-state index is 0.0546. The molecule has 2 atom stereocenters. The average Bonchev–Trinajstić information content (AvgIpc) is 3.43. The van der Waals surface area contributed by atoms with Gasteiger partial charge in [0.25, 0.3) is 0 Å². The summed E-state index contributed by atoms with van der Waals surface area (Å²) in [6.07, 6.45) is 17.5. The predicted octanol–water partition coefficient (Wildman–Crippen LogP) is 4.60. The zero-order valence-electron chi connectivity index (χ0n) is 27.6. The summed E-state index contributed by atoms with van der Waals surface area (Å²) >= 11 is 0. The van der Waals surface area contributed by atoms with Crippen molar-refractivity contribution in [3.05, 3.63) is 0 Å². The maximum Gasteiger partial charge on any atom is 0.326 e. The Hall–Kier alpha value is -2.24. The number of rotatable bonds is 29. The van der Waals surface area contributed by atoms with Crippen LogP contribution in [0.5, 0.6) is 0 Å². The lowest BCUT2D eigenvalue weighted by atomic mass is 10.1. The molecular weight excluding hydrogens is 566 g/mol. The quantitative estimate of drug-likeness (QED) is 0.102. The SMILES string of the molecule is CCCCCCCCCCCCCC(=O)NCCOCCOCCC(=O)N1C[C@H](NC(=O)CCCCCOC)C[C@@H]1C(=O)O. The van der Waals surface area contributed by atoms with E-state index in [2.05, 4.69) is 17.6 Å². The fourth-order valence-electron chi connectivity index (χ4n) is 5.38. The number of carbonyl (C=O) groups is 4. The van der Waals surface area contributed by atoms with Crippen molar-refractivity contribution in [1.82, 2.24) is 15.5 Å². The van der Waals surface area contributed by atoms with Gasteiger partial charge in [-0.1, -0.05) is 77.6 Å². The Balaban J connectivity index is 2.02. The minimum Gasteiger partial charge on any atom is -0.480 e. The summed E-state index contributed by atoms with van der Waals surface area (Å²) in [5, 5.41) is 15.3. The van der Waals surface area contributed by atoms with Gasteiger partial charge in [-0.3, -0.25) is 14.4 Å². The Morgan fingerprint density at radius 1 is 0.705 bits per heavy atom. The predicted molar refractivity (Wildman–Crippen MR) is 170 cm³/mol. The molecule has 44 heavy (non-hydrogen) atoms. The van der Waals surface area contributed by atoms with Crippen LogP contribution in [-0.2, 0) is 33.4 Å². The molecule has 0 bridgehead atoms. The number of carboxylic acid groups (broad SMARTS) is 1. The summed E-state index contributed by atoms with van der Waals surface area (Å²) in [5.41, 5.74) is 0. The molecule has 0 saturated carbocycles. The van der Waals surface area contributed by atoms with Crippen molar-refractivity contribution in [3.8, 4) is 0 Å². The van der Waals surface area contributed by atoms with Gasteiger partial charge in [0.2, 0.25) is 17.7 Å². The summed E-state index contributed by atoms with van der Waals surface area (Å²) < 4.78 is 16.0. The van der Waals surface area contributed by atoms with E-state index in [1.165, 1.54) is 62.7 Å². The molecule has 0 aromatic heterocycles. The van der Waals surface area contributed by atoms with Crippen LogP contribution in [0.1, 0.15) is 122 Å². The summed E-state index contributed by atoms with van der Waals surface area (Å²) in [6.45, 7) is 4.71. The number of aliphatic carboxylic acids is 1. The van der Waals surface area contributed by atoms with Gasteiger partial charge in [0.05, 0.1) is 32.8 Å². The van der Waals surface area contributed by atoms with Gasteiger partial charge < -0.3 is 34.9 Å². The van der Waals surface area contributed by atoms with E-state index in [1.54, 1.807) is 7.11 Å². The number of hydrogen-bond donors (Lipinski definition) is 3. The molecule has 3 amide bonds. The largest absolute Gasteiger partial charge is 0.480 e. The molecule has 0 aromatic rings. The first-order valence-electron chi connectivity index (χ1n) is 17.1. The molecule has 3 N–H and O–H groups in total. The molecule has 1 saturated heterocycles. The summed E-state index contributed by atoms with van der Waals surface area (Å²) in [6, 6.07) is -1.33. The number of unbranched alkanes of at least 4 members (excludes halogenated alkanes) is 12. The molecule has 0 aliphatic carbocycles. The number of methoxy groups -OCH3 is 1. The van der Waals surface area contributed by atoms with E-state index in [9.17, 15) is 24.3 Å². The van der Waals surface area contributed by atoms with Crippen LogP contribution < -0.4 is 10.6 Å². The topological polar surface area (TPSA) is 144 Å². The monoisotopic (exact) mass is 627 g/mol. The number of nitrogens with zero attached hydrogens (tertiary/aromatic N) is 1. The van der Waals surface area contributed by atoms with E-state index >= 15 is 0 Å². The first-order chi connectivity index (χ1) is 21.4. The Kier molecular flexibility index (Phi) is 24.5. The second-order valence-electron chi connectivity index (χ2n) is 11.8. The van der Waals surface area contributed by atoms with Gasteiger partial charge in [-0.15, -0.1) is 0 Å². The molecule has 0 unspecified atom stereocenters. The van der Waals surface area contributed by atoms with E-state index in [-0.39, 0.29) is 49.8 Å². The highest BCUT2D eigenvalue weighted by atomic mass is 16.5. The Morgan fingerprint density at radius 3 is 1.89 bits per heavy atom. The number of ether oxygens (including phenoxy) is 3. The van der Waals surface area contributed by atoms with Gasteiger partial charge in [-0.25, -0.2) is 4.79 Å². The molecule has 1 aliphatic heterocycles. The second kappa shape index (κ2) is 27.1. The third kappa shape index (κ3) is 20.7. The first kappa shape index (κ1) is 39.8. The van der Waals surface area contributed by atoms with Crippen molar-refractivity contribution in [2.24, 2.45) is 0 Å². The standard InChI is InChI=1S/C33H61N3O8/c1-3-4-5-6-7-8-9-10-11-12-14-17-30(37)34-20-23-44-25-24-43-22-19-32(39)36-27-28(26-29(36)33(40)41)35-31(38)18-15-13-16-21-42-2/h28-29H,3-27H2,1-2H3,(H,34,37)(H,35,38)(H,40,41)/t28-,29-/m1/s1. The van der Waals surface area contributed by atoms with Crippen molar-refractivity contribution in [2.45, 2.75) is 135 Å². The first-order valence-corrected chi connectivity index (χ1v) is 17.1. The third-order valence-corrected chi connectivity index (χ3v) is 7.93. The minimum atomic E-state index is -1.07. The molecule has 0 radical (unpaired) electrons. The normalized spacial score (nSPS) is 16.3. The van der Waals surface area contributed by atoms with Crippen LogP contribution in [0.25, 0.3) is 0 Å². The van der Waals surface area contributed by atoms with Crippen LogP contribution in [0, 0.1) is 0 Å². The van der Waals surface area contributed by atoms with Crippen LogP contribution in [0.3, 0.4) is 0 Å². The van der Waals surface area contributed by atoms with Crippen molar-refractivity contribution < 1.29 is 38.5 Å². The highest BCUT2D eigenvalue weighted by molar-refractivity contribution is 5.85.